The highest BCUT2D eigenvalue weighted by molar-refractivity contribution is 8.03. The van der Waals surface area contributed by atoms with E-state index in [1.54, 1.807) is 23.1 Å². The van der Waals surface area contributed by atoms with Gasteiger partial charge in [0.1, 0.15) is 5.75 Å². The summed E-state index contributed by atoms with van der Waals surface area (Å²) >= 11 is 4.69. The summed E-state index contributed by atoms with van der Waals surface area (Å²) in [5.74, 6) is 2.38. The first-order chi connectivity index (χ1) is 12.0. The molecule has 8 heteroatoms. The average Bonchev–Trinajstić information content (AvgIpc) is 3.02. The first-order valence-electron chi connectivity index (χ1n) is 8.14. The average molecular weight is 398 g/mol. The molecule has 1 N–H and O–H groups in total. The highest BCUT2D eigenvalue weighted by Crippen LogP contribution is 2.32. The summed E-state index contributed by atoms with van der Waals surface area (Å²) in [4.78, 5) is 12.3. The Morgan fingerprint density at radius 1 is 1.20 bits per heavy atom. The highest BCUT2D eigenvalue weighted by Gasteiger charge is 2.17. The quantitative estimate of drug-likeness (QED) is 0.613. The summed E-state index contributed by atoms with van der Waals surface area (Å²) < 4.78 is 7.17. The van der Waals surface area contributed by atoms with Gasteiger partial charge in [-0.25, -0.2) is 0 Å². The number of hydrogen-bond donors (Lipinski definition) is 1. The van der Waals surface area contributed by atoms with E-state index < -0.39 is 0 Å². The largest absolute Gasteiger partial charge is 0.494 e. The minimum Gasteiger partial charge on any atom is -0.494 e. The summed E-state index contributed by atoms with van der Waals surface area (Å²) in [7, 11) is 0. The van der Waals surface area contributed by atoms with Crippen molar-refractivity contribution in [2.45, 2.75) is 41.6 Å². The van der Waals surface area contributed by atoms with Gasteiger partial charge in [-0.2, -0.15) is 0 Å². The van der Waals surface area contributed by atoms with Crippen molar-refractivity contribution in [3.05, 3.63) is 24.3 Å². The zero-order valence-corrected chi connectivity index (χ0v) is 17.3. The molecule has 2 rings (SSSR count). The monoisotopic (exact) mass is 397 g/mol. The van der Waals surface area contributed by atoms with Crippen molar-refractivity contribution < 1.29 is 9.53 Å². The van der Waals surface area contributed by atoms with Crippen molar-refractivity contribution in [1.82, 2.24) is 10.2 Å². The molecule has 0 saturated heterocycles. The fourth-order valence-electron chi connectivity index (χ4n) is 1.79. The molecule has 0 aliphatic carbocycles. The lowest BCUT2D eigenvalue weighted by atomic mass is 10.3. The Morgan fingerprint density at radius 2 is 1.88 bits per heavy atom. The van der Waals surface area contributed by atoms with Crippen molar-refractivity contribution in [3.63, 3.8) is 0 Å². The zero-order chi connectivity index (χ0) is 18.2. The van der Waals surface area contributed by atoms with E-state index >= 15 is 0 Å². The second-order valence-corrected chi connectivity index (χ2v) is 9.58. The number of hydrogen-bond acceptors (Lipinski definition) is 7. The molecule has 0 radical (unpaired) electrons. The molecule has 1 aromatic carbocycles. The van der Waals surface area contributed by atoms with E-state index in [0.717, 1.165) is 25.9 Å². The van der Waals surface area contributed by atoms with Crippen LogP contribution < -0.4 is 10.1 Å². The number of aromatic nitrogens is 2. The van der Waals surface area contributed by atoms with Gasteiger partial charge in [0.2, 0.25) is 5.91 Å². The number of benzene rings is 1. The molecule has 0 saturated carbocycles. The van der Waals surface area contributed by atoms with Crippen LogP contribution in [-0.2, 0) is 4.79 Å². The summed E-state index contributed by atoms with van der Waals surface area (Å²) in [5, 5.41) is 11.0. The van der Waals surface area contributed by atoms with E-state index in [-0.39, 0.29) is 11.2 Å². The molecule has 1 atom stereocenters. The highest BCUT2D eigenvalue weighted by atomic mass is 32.2. The molecule has 1 heterocycles. The zero-order valence-electron chi connectivity index (χ0n) is 14.8. The number of carbonyl (C=O) groups is 1. The van der Waals surface area contributed by atoms with Crippen LogP contribution in [-0.4, -0.2) is 33.7 Å². The first kappa shape index (κ1) is 20.1. The Kier molecular flexibility index (Phi) is 8.05. The molecule has 136 valence electrons. The summed E-state index contributed by atoms with van der Waals surface area (Å²) in [6, 6.07) is 7.37. The van der Waals surface area contributed by atoms with Gasteiger partial charge in [-0.1, -0.05) is 48.7 Å². The van der Waals surface area contributed by atoms with Crippen LogP contribution >= 0.6 is 34.9 Å². The molecule has 1 aromatic heterocycles. The van der Waals surface area contributed by atoms with Crippen LogP contribution in [0.15, 0.2) is 32.9 Å². The van der Waals surface area contributed by atoms with Gasteiger partial charge in [-0.3, -0.25) is 4.79 Å². The summed E-state index contributed by atoms with van der Waals surface area (Å²) in [6.45, 7) is 8.79. The standard InChI is InChI=1S/C17H23N3O2S3/c1-5-22-14-8-6-13(7-9-14)18-15(21)12(4)24-17-20-19-16(25-17)23-10-11(2)3/h6-9,11-12H,5,10H2,1-4H3,(H,18,21)/t12-/m1/s1. The van der Waals surface area contributed by atoms with Crippen molar-refractivity contribution in [3.8, 4) is 5.75 Å². The second-order valence-electron chi connectivity index (χ2n) is 5.75. The molecule has 0 unspecified atom stereocenters. The number of ether oxygens (including phenoxy) is 1. The molecule has 5 nitrogen and oxygen atoms in total. The fourth-order valence-corrected chi connectivity index (χ4v) is 4.93. The molecule has 0 aliphatic heterocycles. The smallest absolute Gasteiger partial charge is 0.237 e. The van der Waals surface area contributed by atoms with Gasteiger partial charge in [-0.05, 0) is 44.0 Å². The van der Waals surface area contributed by atoms with Gasteiger partial charge in [0, 0.05) is 11.4 Å². The lowest BCUT2D eigenvalue weighted by Gasteiger charge is -2.11. The second kappa shape index (κ2) is 10.0. The van der Waals surface area contributed by atoms with Crippen molar-refractivity contribution in [1.29, 1.82) is 0 Å². The van der Waals surface area contributed by atoms with E-state index in [4.69, 9.17) is 4.74 Å². The van der Waals surface area contributed by atoms with Gasteiger partial charge in [0.05, 0.1) is 11.9 Å². The Balaban J connectivity index is 1.85. The van der Waals surface area contributed by atoms with Crippen LogP contribution in [0.1, 0.15) is 27.7 Å². The molecule has 1 amide bonds. The molecule has 0 spiro atoms. The van der Waals surface area contributed by atoms with Crippen LogP contribution in [0, 0.1) is 5.92 Å². The van der Waals surface area contributed by atoms with Crippen LogP contribution in [0.5, 0.6) is 5.75 Å². The topological polar surface area (TPSA) is 64.1 Å². The third-order valence-corrected chi connectivity index (χ3v) is 6.68. The number of carbonyl (C=O) groups excluding carboxylic acids is 1. The number of nitrogens with one attached hydrogen (secondary N) is 1. The van der Waals surface area contributed by atoms with Crippen LogP contribution in [0.3, 0.4) is 0 Å². The minimum atomic E-state index is -0.248. The number of anilines is 1. The fraction of sp³-hybridized carbons (Fsp3) is 0.471. The van der Waals surface area contributed by atoms with Gasteiger partial charge in [-0.15, -0.1) is 10.2 Å². The maximum atomic E-state index is 12.3. The van der Waals surface area contributed by atoms with Crippen LogP contribution in [0.2, 0.25) is 0 Å². The molecule has 0 fully saturated rings. The maximum absolute atomic E-state index is 12.3. The SMILES string of the molecule is CCOc1ccc(NC(=O)[C@@H](C)Sc2nnc(SCC(C)C)s2)cc1. The maximum Gasteiger partial charge on any atom is 0.237 e. The van der Waals surface area contributed by atoms with Crippen molar-refractivity contribution in [2.75, 3.05) is 17.7 Å². The molecule has 2 aromatic rings. The third kappa shape index (κ3) is 6.87. The number of nitrogens with zero attached hydrogens (tertiary/aromatic N) is 2. The summed E-state index contributed by atoms with van der Waals surface area (Å²) in [6.07, 6.45) is 0. The molecule has 25 heavy (non-hydrogen) atoms. The Bertz CT molecular complexity index is 674. The molecular weight excluding hydrogens is 374 g/mol. The number of amides is 1. The molecule has 0 bridgehead atoms. The third-order valence-electron chi connectivity index (χ3n) is 3.01. The summed E-state index contributed by atoms with van der Waals surface area (Å²) in [5.41, 5.74) is 0.756. The Hall–Kier alpha value is -1.25. The van der Waals surface area contributed by atoms with Gasteiger partial charge in [0.15, 0.2) is 8.68 Å². The molecule has 0 aliphatic rings. The van der Waals surface area contributed by atoms with E-state index in [1.807, 2.05) is 38.1 Å². The molecular formula is C17H23N3O2S3. The van der Waals surface area contributed by atoms with Crippen LogP contribution in [0.4, 0.5) is 5.69 Å². The Morgan fingerprint density at radius 3 is 2.52 bits per heavy atom. The number of rotatable bonds is 9. The lowest BCUT2D eigenvalue weighted by Crippen LogP contribution is -2.22. The van der Waals surface area contributed by atoms with Crippen molar-refractivity contribution in [2.24, 2.45) is 5.92 Å². The predicted molar refractivity (Wildman–Crippen MR) is 107 cm³/mol. The number of thioether (sulfide) groups is 2. The normalized spacial score (nSPS) is 12.2. The van der Waals surface area contributed by atoms with Crippen LogP contribution in [0.25, 0.3) is 0 Å². The van der Waals surface area contributed by atoms with Gasteiger partial charge in [0.25, 0.3) is 0 Å². The van der Waals surface area contributed by atoms with E-state index in [9.17, 15) is 4.79 Å². The predicted octanol–water partition coefficient (Wildman–Crippen LogP) is 4.80. The lowest BCUT2D eigenvalue weighted by molar-refractivity contribution is -0.115. The first-order valence-corrected chi connectivity index (χ1v) is 10.8. The minimum absolute atomic E-state index is 0.0549. The van der Waals surface area contributed by atoms with E-state index in [1.165, 1.54) is 11.8 Å². The Labute approximate surface area is 161 Å². The van der Waals surface area contributed by atoms with Gasteiger partial charge < -0.3 is 10.1 Å². The van der Waals surface area contributed by atoms with E-state index in [2.05, 4.69) is 29.4 Å². The van der Waals surface area contributed by atoms with E-state index in [0.29, 0.717) is 12.5 Å². The van der Waals surface area contributed by atoms with Gasteiger partial charge >= 0.3 is 0 Å². The van der Waals surface area contributed by atoms with Crippen molar-refractivity contribution >= 4 is 46.5 Å².